The molecule has 0 aliphatic carbocycles. The topological polar surface area (TPSA) is 43.9 Å². The Morgan fingerprint density at radius 2 is 1.15 bits per heavy atom. The molecule has 0 amide bonds. The van der Waals surface area contributed by atoms with E-state index in [1.807, 2.05) is 23.5 Å². The summed E-state index contributed by atoms with van der Waals surface area (Å²) in [4.78, 5) is 10.9. The van der Waals surface area contributed by atoms with Crippen molar-refractivity contribution in [2.45, 2.75) is 0 Å². The van der Waals surface area contributed by atoms with E-state index in [4.69, 9.17) is 14.4 Å². The predicted octanol–water partition coefficient (Wildman–Crippen LogP) is 13.5. The van der Waals surface area contributed by atoms with Crippen LogP contribution in [0.15, 0.2) is 156 Å². The number of para-hydroxylation sites is 2. The first-order chi connectivity index (χ1) is 25.8. The van der Waals surface area contributed by atoms with E-state index in [0.717, 1.165) is 65.4 Å². The van der Waals surface area contributed by atoms with Crippen LogP contribution >= 0.6 is 22.7 Å². The molecule has 0 aliphatic rings. The summed E-state index contributed by atoms with van der Waals surface area (Å²) >= 11 is 3.61. The molecule has 5 aromatic heterocycles. The van der Waals surface area contributed by atoms with E-state index < -0.39 is 0 Å². The van der Waals surface area contributed by atoms with Gasteiger partial charge in [-0.05, 0) is 48.0 Å². The van der Waals surface area contributed by atoms with E-state index >= 15 is 0 Å². The van der Waals surface area contributed by atoms with Gasteiger partial charge in [0.1, 0.15) is 11.2 Å². The molecule has 0 aliphatic heterocycles. The van der Waals surface area contributed by atoms with Crippen molar-refractivity contribution in [3.63, 3.8) is 0 Å². The molecule has 12 rings (SSSR count). The zero-order chi connectivity index (χ0) is 33.9. The molecule has 242 valence electrons. The quantitative estimate of drug-likeness (QED) is 0.184. The van der Waals surface area contributed by atoms with Gasteiger partial charge in [-0.3, -0.25) is 4.57 Å². The van der Waals surface area contributed by atoms with Crippen LogP contribution in [0.5, 0.6) is 0 Å². The van der Waals surface area contributed by atoms with Crippen LogP contribution in [0.1, 0.15) is 0 Å². The summed E-state index contributed by atoms with van der Waals surface area (Å²) in [5, 5.41) is 8.21. The van der Waals surface area contributed by atoms with Gasteiger partial charge in [0.05, 0.1) is 26.9 Å². The van der Waals surface area contributed by atoms with Gasteiger partial charge in [-0.2, -0.15) is 0 Å². The Labute approximate surface area is 304 Å². The standard InChI is InChI=1S/C46H25N3OS2/c1-2-12-26(13-3-1)41-45-42(32-17-7-11-21-39(32)52-45)48-46(47-41)49-35-18-8-4-14-28(35)34-25-33(44-40(43(34)49)31-16-6-10-20-38(31)51-44)27-22-23-30-29-15-5-9-19-36(29)50-37(30)24-27/h1-25H. The number of aromatic nitrogens is 3. The highest BCUT2D eigenvalue weighted by Crippen LogP contribution is 2.48. The zero-order valence-corrected chi connectivity index (χ0v) is 29.1. The second kappa shape index (κ2) is 10.6. The molecule has 7 aromatic carbocycles. The van der Waals surface area contributed by atoms with Gasteiger partial charge in [0.25, 0.3) is 0 Å². The van der Waals surface area contributed by atoms with Crippen LogP contribution in [-0.4, -0.2) is 14.5 Å². The average Bonchev–Trinajstić information content (AvgIpc) is 3.96. The first-order valence-corrected chi connectivity index (χ1v) is 19.0. The van der Waals surface area contributed by atoms with Gasteiger partial charge >= 0.3 is 0 Å². The van der Waals surface area contributed by atoms with Crippen LogP contribution in [0.3, 0.4) is 0 Å². The smallest absolute Gasteiger partial charge is 0.235 e. The lowest BCUT2D eigenvalue weighted by molar-refractivity contribution is 0.669. The van der Waals surface area contributed by atoms with Gasteiger partial charge in [-0.1, -0.05) is 109 Å². The molecular formula is C46H25N3OS2. The van der Waals surface area contributed by atoms with Crippen molar-refractivity contribution in [1.29, 1.82) is 0 Å². The van der Waals surface area contributed by atoms with E-state index in [-0.39, 0.29) is 0 Å². The van der Waals surface area contributed by atoms with Crippen LogP contribution in [0.25, 0.3) is 113 Å². The number of hydrogen-bond donors (Lipinski definition) is 0. The molecule has 0 fully saturated rings. The summed E-state index contributed by atoms with van der Waals surface area (Å²) in [5.41, 5.74) is 9.36. The van der Waals surface area contributed by atoms with Gasteiger partial charge in [0, 0.05) is 62.9 Å². The fourth-order valence-corrected chi connectivity index (χ4v) is 10.5. The summed E-state index contributed by atoms with van der Waals surface area (Å²) in [5.74, 6) is 0.675. The maximum absolute atomic E-state index is 6.40. The number of thiophene rings is 2. The number of hydrogen-bond acceptors (Lipinski definition) is 5. The Bertz CT molecular complexity index is 3420. The minimum atomic E-state index is 0.675. The molecule has 52 heavy (non-hydrogen) atoms. The Morgan fingerprint density at radius 1 is 0.481 bits per heavy atom. The van der Waals surface area contributed by atoms with Gasteiger partial charge < -0.3 is 4.42 Å². The summed E-state index contributed by atoms with van der Waals surface area (Å²) in [6, 6.07) is 53.9. The van der Waals surface area contributed by atoms with Crippen molar-refractivity contribution in [2.75, 3.05) is 0 Å². The third kappa shape index (κ3) is 3.90. The second-order valence-corrected chi connectivity index (χ2v) is 15.4. The highest BCUT2D eigenvalue weighted by Gasteiger charge is 2.24. The number of rotatable bonds is 3. The molecule has 0 saturated carbocycles. The molecule has 0 unspecified atom stereocenters. The fraction of sp³-hybridized carbons (Fsp3) is 0. The SMILES string of the molecule is c1ccc(-c2nc(-n3c4ccccc4c4cc(-c5ccc6c(c5)oc5ccccc56)c5sc6ccccc6c5c43)nc3c2sc2ccccc23)cc1. The molecule has 6 heteroatoms. The predicted molar refractivity (Wildman–Crippen MR) is 220 cm³/mol. The maximum atomic E-state index is 6.40. The van der Waals surface area contributed by atoms with Crippen LogP contribution in [0.4, 0.5) is 0 Å². The van der Waals surface area contributed by atoms with Crippen molar-refractivity contribution in [1.82, 2.24) is 14.5 Å². The minimum Gasteiger partial charge on any atom is -0.456 e. The number of benzene rings is 7. The molecule has 0 atom stereocenters. The highest BCUT2D eigenvalue weighted by atomic mass is 32.1. The lowest BCUT2D eigenvalue weighted by Gasteiger charge is -2.12. The fourth-order valence-electron chi connectivity index (χ4n) is 8.12. The van der Waals surface area contributed by atoms with Crippen molar-refractivity contribution >= 4 is 107 Å². The summed E-state index contributed by atoms with van der Waals surface area (Å²) in [6.07, 6.45) is 0. The Kier molecular flexibility index (Phi) is 5.78. The average molecular weight is 700 g/mol. The van der Waals surface area contributed by atoms with E-state index in [1.165, 1.54) is 41.2 Å². The zero-order valence-electron chi connectivity index (χ0n) is 27.5. The minimum absolute atomic E-state index is 0.675. The molecular weight excluding hydrogens is 675 g/mol. The van der Waals surface area contributed by atoms with E-state index in [0.29, 0.717) is 5.95 Å². The monoisotopic (exact) mass is 699 g/mol. The molecule has 0 N–H and O–H groups in total. The summed E-state index contributed by atoms with van der Waals surface area (Å²) in [6.45, 7) is 0. The van der Waals surface area contributed by atoms with Gasteiger partial charge in [0.15, 0.2) is 0 Å². The first-order valence-electron chi connectivity index (χ1n) is 17.3. The molecule has 0 saturated heterocycles. The van der Waals surface area contributed by atoms with E-state index in [9.17, 15) is 0 Å². The van der Waals surface area contributed by atoms with Gasteiger partial charge in [-0.25, -0.2) is 9.97 Å². The molecule has 0 spiro atoms. The molecule has 12 aromatic rings. The van der Waals surface area contributed by atoms with E-state index in [2.05, 4.69) is 144 Å². The third-order valence-corrected chi connectivity index (χ3v) is 12.8. The highest BCUT2D eigenvalue weighted by molar-refractivity contribution is 7.26. The molecule has 0 radical (unpaired) electrons. The van der Waals surface area contributed by atoms with Gasteiger partial charge in [0.2, 0.25) is 5.95 Å². The largest absolute Gasteiger partial charge is 0.456 e. The second-order valence-electron chi connectivity index (χ2n) is 13.3. The van der Waals surface area contributed by atoms with Crippen LogP contribution in [-0.2, 0) is 0 Å². The maximum Gasteiger partial charge on any atom is 0.235 e. The molecule has 0 bridgehead atoms. The Morgan fingerprint density at radius 3 is 2.02 bits per heavy atom. The van der Waals surface area contributed by atoms with Crippen molar-refractivity contribution in [3.8, 4) is 28.3 Å². The Balaban J connectivity index is 1.23. The lowest BCUT2D eigenvalue weighted by atomic mass is 9.98. The van der Waals surface area contributed by atoms with E-state index in [1.54, 1.807) is 11.3 Å². The summed E-state index contributed by atoms with van der Waals surface area (Å²) in [7, 11) is 0. The van der Waals surface area contributed by atoms with Crippen molar-refractivity contribution in [2.24, 2.45) is 0 Å². The number of fused-ring (bicyclic) bond motifs is 13. The normalized spacial score (nSPS) is 12.2. The molecule has 4 nitrogen and oxygen atoms in total. The first kappa shape index (κ1) is 28.4. The number of nitrogens with zero attached hydrogens (tertiary/aromatic N) is 3. The van der Waals surface area contributed by atoms with Crippen LogP contribution in [0.2, 0.25) is 0 Å². The number of furan rings is 1. The van der Waals surface area contributed by atoms with Crippen molar-refractivity contribution < 1.29 is 4.42 Å². The van der Waals surface area contributed by atoms with Crippen molar-refractivity contribution in [3.05, 3.63) is 152 Å². The lowest BCUT2D eigenvalue weighted by Crippen LogP contribution is -2.03. The van der Waals surface area contributed by atoms with Crippen LogP contribution < -0.4 is 0 Å². The van der Waals surface area contributed by atoms with Gasteiger partial charge in [-0.15, -0.1) is 22.7 Å². The Hall–Kier alpha value is -6.34. The van der Waals surface area contributed by atoms with Crippen LogP contribution in [0, 0.1) is 0 Å². The summed E-state index contributed by atoms with van der Waals surface area (Å²) < 4.78 is 13.5. The third-order valence-electron chi connectivity index (χ3n) is 10.4. The molecule has 5 heterocycles.